The van der Waals surface area contributed by atoms with Crippen LogP contribution in [-0.2, 0) is 4.74 Å². The zero-order valence-corrected chi connectivity index (χ0v) is 7.79. The topological polar surface area (TPSA) is 55.5 Å². The first-order chi connectivity index (χ1) is 4.93. The maximum atomic E-state index is 9.60. The lowest BCUT2D eigenvalue weighted by atomic mass is 9.93. The molecule has 0 spiro atoms. The van der Waals surface area contributed by atoms with E-state index in [1.54, 1.807) is 21.0 Å². The van der Waals surface area contributed by atoms with E-state index in [0.717, 1.165) is 6.42 Å². The lowest BCUT2D eigenvalue weighted by Gasteiger charge is -2.31. The molecule has 3 heteroatoms. The second-order valence-electron chi connectivity index (χ2n) is 3.45. The summed E-state index contributed by atoms with van der Waals surface area (Å²) in [5, 5.41) is 9.60. The summed E-state index contributed by atoms with van der Waals surface area (Å²) < 4.78 is 5.06. The summed E-state index contributed by atoms with van der Waals surface area (Å²) >= 11 is 0. The molecule has 0 aliphatic carbocycles. The summed E-state index contributed by atoms with van der Waals surface area (Å²) in [5.74, 6) is 0. The standard InChI is InChI=1S/C8H19NO2/c1-5-6(11-4)7(10)8(2,3)9/h6-7,10H,5,9H2,1-4H3. The summed E-state index contributed by atoms with van der Waals surface area (Å²) in [6.07, 6.45) is 0.0191. The molecule has 0 rings (SSSR count). The molecular weight excluding hydrogens is 142 g/mol. The van der Waals surface area contributed by atoms with Gasteiger partial charge in [-0.3, -0.25) is 0 Å². The quantitative estimate of drug-likeness (QED) is 0.631. The summed E-state index contributed by atoms with van der Waals surface area (Å²) in [6, 6.07) is 0. The van der Waals surface area contributed by atoms with E-state index in [-0.39, 0.29) is 6.10 Å². The smallest absolute Gasteiger partial charge is 0.0974 e. The minimum atomic E-state index is -0.600. The van der Waals surface area contributed by atoms with Crippen LogP contribution in [0.1, 0.15) is 27.2 Å². The van der Waals surface area contributed by atoms with Crippen molar-refractivity contribution in [3.8, 4) is 0 Å². The van der Waals surface area contributed by atoms with Crippen LogP contribution in [0.4, 0.5) is 0 Å². The maximum absolute atomic E-state index is 9.60. The van der Waals surface area contributed by atoms with E-state index in [4.69, 9.17) is 10.5 Å². The number of methoxy groups -OCH3 is 1. The second kappa shape index (κ2) is 4.04. The highest BCUT2D eigenvalue weighted by atomic mass is 16.5. The highest BCUT2D eigenvalue weighted by Crippen LogP contribution is 2.13. The molecule has 0 aromatic carbocycles. The SMILES string of the molecule is CCC(OC)C(O)C(C)(C)N. The van der Waals surface area contributed by atoms with Crippen molar-refractivity contribution >= 4 is 0 Å². The van der Waals surface area contributed by atoms with Crippen molar-refractivity contribution in [3.63, 3.8) is 0 Å². The van der Waals surface area contributed by atoms with Crippen molar-refractivity contribution in [3.05, 3.63) is 0 Å². The van der Waals surface area contributed by atoms with E-state index in [9.17, 15) is 5.11 Å². The molecule has 11 heavy (non-hydrogen) atoms. The Morgan fingerprint density at radius 2 is 2.00 bits per heavy atom. The van der Waals surface area contributed by atoms with Crippen molar-refractivity contribution in [1.82, 2.24) is 0 Å². The molecule has 68 valence electrons. The van der Waals surface area contributed by atoms with Gasteiger partial charge in [-0.25, -0.2) is 0 Å². The predicted molar refractivity (Wildman–Crippen MR) is 45.4 cm³/mol. The fourth-order valence-electron chi connectivity index (χ4n) is 0.998. The van der Waals surface area contributed by atoms with Crippen LogP contribution in [0.2, 0.25) is 0 Å². The van der Waals surface area contributed by atoms with Gasteiger partial charge < -0.3 is 15.6 Å². The Kier molecular flexibility index (Phi) is 4.00. The third kappa shape index (κ3) is 3.18. The second-order valence-corrected chi connectivity index (χ2v) is 3.45. The van der Waals surface area contributed by atoms with Gasteiger partial charge >= 0.3 is 0 Å². The van der Waals surface area contributed by atoms with E-state index >= 15 is 0 Å². The molecule has 0 bridgehead atoms. The highest BCUT2D eigenvalue weighted by molar-refractivity contribution is 4.86. The van der Waals surface area contributed by atoms with Gasteiger partial charge in [-0.2, -0.15) is 0 Å². The van der Waals surface area contributed by atoms with Crippen molar-refractivity contribution in [1.29, 1.82) is 0 Å². The highest BCUT2D eigenvalue weighted by Gasteiger charge is 2.29. The van der Waals surface area contributed by atoms with Gasteiger partial charge in [-0.05, 0) is 20.3 Å². The van der Waals surface area contributed by atoms with Crippen molar-refractivity contribution in [2.24, 2.45) is 5.73 Å². The zero-order valence-electron chi connectivity index (χ0n) is 7.79. The van der Waals surface area contributed by atoms with Crippen LogP contribution < -0.4 is 5.73 Å². The molecule has 3 nitrogen and oxygen atoms in total. The number of nitrogens with two attached hydrogens (primary N) is 1. The fourth-order valence-corrected chi connectivity index (χ4v) is 0.998. The molecule has 0 radical (unpaired) electrons. The van der Waals surface area contributed by atoms with E-state index in [1.165, 1.54) is 0 Å². The summed E-state index contributed by atoms with van der Waals surface area (Å²) in [5.41, 5.74) is 5.11. The van der Waals surface area contributed by atoms with Gasteiger partial charge in [0.05, 0.1) is 12.2 Å². The van der Waals surface area contributed by atoms with Crippen LogP contribution in [0.15, 0.2) is 0 Å². The lowest BCUT2D eigenvalue weighted by molar-refractivity contribution is -0.0440. The van der Waals surface area contributed by atoms with E-state index in [0.29, 0.717) is 0 Å². The van der Waals surface area contributed by atoms with Gasteiger partial charge in [-0.1, -0.05) is 6.92 Å². The van der Waals surface area contributed by atoms with E-state index in [2.05, 4.69) is 0 Å². The Hall–Kier alpha value is -0.120. The third-order valence-corrected chi connectivity index (χ3v) is 1.82. The van der Waals surface area contributed by atoms with Gasteiger partial charge in [0.15, 0.2) is 0 Å². The molecule has 0 heterocycles. The minimum absolute atomic E-state index is 0.157. The number of hydrogen-bond acceptors (Lipinski definition) is 3. The Morgan fingerprint density at radius 1 is 1.55 bits per heavy atom. The summed E-state index contributed by atoms with van der Waals surface area (Å²) in [6.45, 7) is 5.54. The Balaban J connectivity index is 4.09. The molecule has 0 aliphatic rings. The van der Waals surface area contributed by atoms with Crippen LogP contribution in [-0.4, -0.2) is 30.0 Å². The fraction of sp³-hybridized carbons (Fsp3) is 1.00. The molecule has 0 aromatic heterocycles. The number of aliphatic hydroxyl groups excluding tert-OH is 1. The molecule has 0 aliphatic heterocycles. The first kappa shape index (κ1) is 10.9. The third-order valence-electron chi connectivity index (χ3n) is 1.82. The Bertz CT molecular complexity index is 105. The van der Waals surface area contributed by atoms with Crippen LogP contribution in [0, 0.1) is 0 Å². The van der Waals surface area contributed by atoms with Gasteiger partial charge in [-0.15, -0.1) is 0 Å². The van der Waals surface area contributed by atoms with Crippen LogP contribution in [0.5, 0.6) is 0 Å². The van der Waals surface area contributed by atoms with E-state index < -0.39 is 11.6 Å². The monoisotopic (exact) mass is 161 g/mol. The molecule has 0 amide bonds. The molecule has 0 saturated heterocycles. The molecule has 0 saturated carbocycles. The number of hydrogen-bond donors (Lipinski definition) is 2. The number of rotatable bonds is 4. The van der Waals surface area contributed by atoms with E-state index in [1.807, 2.05) is 6.92 Å². The number of aliphatic hydroxyl groups is 1. The van der Waals surface area contributed by atoms with Gasteiger partial charge in [0.2, 0.25) is 0 Å². The molecule has 2 atom stereocenters. The molecule has 0 fully saturated rings. The predicted octanol–water partition coefficient (Wildman–Crippen LogP) is 0.510. The van der Waals surface area contributed by atoms with Gasteiger partial charge in [0.1, 0.15) is 0 Å². The molecular formula is C8H19NO2. The van der Waals surface area contributed by atoms with Crippen molar-refractivity contribution < 1.29 is 9.84 Å². The first-order valence-electron chi connectivity index (χ1n) is 3.93. The molecule has 3 N–H and O–H groups in total. The molecule has 2 unspecified atom stereocenters. The van der Waals surface area contributed by atoms with Gasteiger partial charge in [0.25, 0.3) is 0 Å². The van der Waals surface area contributed by atoms with Crippen LogP contribution in [0.25, 0.3) is 0 Å². The summed E-state index contributed by atoms with van der Waals surface area (Å²) in [7, 11) is 1.59. The van der Waals surface area contributed by atoms with Gasteiger partial charge in [0, 0.05) is 12.6 Å². The first-order valence-corrected chi connectivity index (χ1v) is 3.93. The summed E-state index contributed by atoms with van der Waals surface area (Å²) in [4.78, 5) is 0. The molecule has 0 aromatic rings. The lowest BCUT2D eigenvalue weighted by Crippen LogP contribution is -2.51. The normalized spacial score (nSPS) is 18.0. The Labute approximate surface area is 68.5 Å². The zero-order chi connectivity index (χ0) is 9.07. The Morgan fingerprint density at radius 3 is 2.09 bits per heavy atom. The average molecular weight is 161 g/mol. The number of ether oxygens (including phenoxy) is 1. The minimum Gasteiger partial charge on any atom is -0.389 e. The van der Waals surface area contributed by atoms with Crippen LogP contribution in [0.3, 0.4) is 0 Å². The largest absolute Gasteiger partial charge is 0.389 e. The van der Waals surface area contributed by atoms with Crippen LogP contribution >= 0.6 is 0 Å². The van der Waals surface area contributed by atoms with Crippen molar-refractivity contribution in [2.75, 3.05) is 7.11 Å². The van der Waals surface area contributed by atoms with Crippen molar-refractivity contribution in [2.45, 2.75) is 44.9 Å². The maximum Gasteiger partial charge on any atom is 0.0974 e. The average Bonchev–Trinajstić information content (AvgIpc) is 1.88.